The van der Waals surface area contributed by atoms with Gasteiger partial charge in [-0.15, -0.1) is 0 Å². The number of imidazole rings is 1. The molecule has 166 valence electrons. The Hall–Kier alpha value is -3.31. The number of nitrogens with zero attached hydrogens (tertiary/aromatic N) is 4. The van der Waals surface area contributed by atoms with Crippen molar-refractivity contribution in [3.63, 3.8) is 0 Å². The lowest BCUT2D eigenvalue weighted by molar-refractivity contribution is 0.0936. The van der Waals surface area contributed by atoms with E-state index < -0.39 is 17.4 Å². The molecule has 11 nitrogen and oxygen atoms in total. The summed E-state index contributed by atoms with van der Waals surface area (Å²) in [4.78, 5) is 33.6. The van der Waals surface area contributed by atoms with E-state index >= 15 is 0 Å². The number of H-pyrrole nitrogens is 1. The average molecular weight is 430 g/mol. The second kappa shape index (κ2) is 8.82. The Bertz CT molecular complexity index is 1160. The lowest BCUT2D eigenvalue weighted by Crippen LogP contribution is -2.45. The minimum absolute atomic E-state index is 0.0245. The van der Waals surface area contributed by atoms with E-state index in [4.69, 9.17) is 9.47 Å². The second-order valence-corrected chi connectivity index (χ2v) is 7.39. The summed E-state index contributed by atoms with van der Waals surface area (Å²) < 4.78 is 13.8. The first kappa shape index (κ1) is 20.9. The van der Waals surface area contributed by atoms with E-state index in [0.29, 0.717) is 30.5 Å². The van der Waals surface area contributed by atoms with E-state index in [2.05, 4.69) is 15.3 Å². The third-order valence-electron chi connectivity index (χ3n) is 5.28. The van der Waals surface area contributed by atoms with Gasteiger partial charge in [-0.2, -0.15) is 4.98 Å². The molecule has 0 unspecified atom stereocenters. The maximum Gasteiger partial charge on any atom is 0.329 e. The zero-order valence-corrected chi connectivity index (χ0v) is 17.5. The summed E-state index contributed by atoms with van der Waals surface area (Å²) in [6.07, 6.45) is -0.905. The van der Waals surface area contributed by atoms with Crippen molar-refractivity contribution in [2.45, 2.75) is 12.6 Å². The predicted molar refractivity (Wildman–Crippen MR) is 115 cm³/mol. The van der Waals surface area contributed by atoms with E-state index in [9.17, 15) is 14.7 Å². The van der Waals surface area contributed by atoms with Gasteiger partial charge in [-0.25, -0.2) is 4.79 Å². The lowest BCUT2D eigenvalue weighted by atomic mass is 10.3. The van der Waals surface area contributed by atoms with Gasteiger partial charge in [-0.1, -0.05) is 0 Å². The van der Waals surface area contributed by atoms with Crippen LogP contribution < -0.4 is 30.9 Å². The molecule has 4 rings (SSSR count). The fourth-order valence-electron chi connectivity index (χ4n) is 3.63. The Balaban J connectivity index is 1.62. The van der Waals surface area contributed by atoms with Crippen LogP contribution in [0.2, 0.25) is 0 Å². The van der Waals surface area contributed by atoms with Crippen LogP contribution in [-0.2, 0) is 13.6 Å². The molecule has 3 heterocycles. The molecular formula is C20H26N6O5. The normalized spacial score (nSPS) is 15.3. The number of aliphatic hydroxyl groups is 1. The van der Waals surface area contributed by atoms with E-state index in [-0.39, 0.29) is 24.3 Å². The molecule has 31 heavy (non-hydrogen) atoms. The highest BCUT2D eigenvalue weighted by atomic mass is 16.5. The number of fused-ring (bicyclic) bond motifs is 1. The largest absolute Gasteiger partial charge is 0.497 e. The van der Waals surface area contributed by atoms with E-state index in [0.717, 1.165) is 13.1 Å². The van der Waals surface area contributed by atoms with Crippen molar-refractivity contribution in [2.24, 2.45) is 7.05 Å². The van der Waals surface area contributed by atoms with Crippen LogP contribution in [0.1, 0.15) is 0 Å². The molecule has 1 aliphatic rings. The first-order valence-electron chi connectivity index (χ1n) is 10.1. The fraction of sp³-hybridized carbons (Fsp3) is 0.450. The standard InChI is InChI=1S/C20H26N6O5/c1-24-17-16(18(28)23-20(24)29)26(19(22-17)25-9-7-21-8-10-25)11-13(27)12-31-15-5-3-14(30-2)4-6-15/h3-6,13,21,27H,7-12H2,1-2H3,(H,23,28,29)/t13-/m1/s1. The fourth-order valence-corrected chi connectivity index (χ4v) is 3.63. The number of nitrogens with one attached hydrogen (secondary N) is 2. The summed E-state index contributed by atoms with van der Waals surface area (Å²) in [6.45, 7) is 3.08. The third kappa shape index (κ3) is 4.28. The molecule has 0 saturated carbocycles. The molecule has 0 radical (unpaired) electrons. The molecule has 0 spiro atoms. The highest BCUT2D eigenvalue weighted by Crippen LogP contribution is 2.21. The Morgan fingerprint density at radius 1 is 1.16 bits per heavy atom. The van der Waals surface area contributed by atoms with Crippen LogP contribution in [0.4, 0.5) is 5.95 Å². The van der Waals surface area contributed by atoms with Gasteiger partial charge in [0.15, 0.2) is 11.2 Å². The van der Waals surface area contributed by atoms with Gasteiger partial charge >= 0.3 is 5.69 Å². The highest BCUT2D eigenvalue weighted by Gasteiger charge is 2.24. The number of methoxy groups -OCH3 is 1. The molecule has 1 aliphatic heterocycles. The van der Waals surface area contributed by atoms with Crippen molar-refractivity contribution in [1.29, 1.82) is 0 Å². The van der Waals surface area contributed by atoms with Crippen LogP contribution in [0.15, 0.2) is 33.9 Å². The first-order chi connectivity index (χ1) is 15.0. The number of aromatic amines is 1. The van der Waals surface area contributed by atoms with Gasteiger partial charge in [-0.3, -0.25) is 14.3 Å². The molecule has 1 aromatic carbocycles. The predicted octanol–water partition coefficient (Wildman–Crippen LogP) is -0.719. The Morgan fingerprint density at radius 2 is 1.84 bits per heavy atom. The lowest BCUT2D eigenvalue weighted by Gasteiger charge is -2.29. The molecule has 1 atom stereocenters. The van der Waals surface area contributed by atoms with Crippen LogP contribution in [0.5, 0.6) is 11.5 Å². The van der Waals surface area contributed by atoms with Gasteiger partial charge in [0, 0.05) is 33.2 Å². The number of hydrogen-bond donors (Lipinski definition) is 3. The smallest absolute Gasteiger partial charge is 0.329 e. The minimum atomic E-state index is -0.905. The van der Waals surface area contributed by atoms with Gasteiger partial charge in [0.1, 0.15) is 24.2 Å². The van der Waals surface area contributed by atoms with Crippen LogP contribution in [0.25, 0.3) is 11.2 Å². The van der Waals surface area contributed by atoms with Crippen molar-refractivity contribution in [3.8, 4) is 11.5 Å². The number of anilines is 1. The third-order valence-corrected chi connectivity index (χ3v) is 5.28. The number of benzene rings is 1. The topological polar surface area (TPSA) is 127 Å². The number of rotatable bonds is 7. The molecule has 1 saturated heterocycles. The van der Waals surface area contributed by atoms with E-state index in [1.807, 2.05) is 4.90 Å². The van der Waals surface area contributed by atoms with Gasteiger partial charge in [-0.05, 0) is 24.3 Å². The summed E-state index contributed by atoms with van der Waals surface area (Å²) in [7, 11) is 3.14. The van der Waals surface area contributed by atoms with Crippen molar-refractivity contribution >= 4 is 17.1 Å². The molecule has 3 aromatic rings. The summed E-state index contributed by atoms with van der Waals surface area (Å²) in [5, 5.41) is 13.9. The summed E-state index contributed by atoms with van der Waals surface area (Å²) in [5.41, 5.74) is -0.530. The summed E-state index contributed by atoms with van der Waals surface area (Å²) in [5.74, 6) is 1.85. The molecule has 11 heteroatoms. The quantitative estimate of drug-likeness (QED) is 0.448. The SMILES string of the molecule is COc1ccc(OC[C@H](O)Cn2c(N3CCNCC3)nc3c2c(=O)[nH]c(=O)n3C)cc1. The highest BCUT2D eigenvalue weighted by molar-refractivity contribution is 5.74. The zero-order valence-electron chi connectivity index (χ0n) is 17.5. The van der Waals surface area contributed by atoms with Crippen molar-refractivity contribution in [1.82, 2.24) is 24.4 Å². The second-order valence-electron chi connectivity index (χ2n) is 7.39. The van der Waals surface area contributed by atoms with Crippen LogP contribution in [0, 0.1) is 0 Å². The molecule has 3 N–H and O–H groups in total. The number of aromatic nitrogens is 4. The molecule has 2 aromatic heterocycles. The van der Waals surface area contributed by atoms with Gasteiger partial charge in [0.25, 0.3) is 5.56 Å². The maximum atomic E-state index is 12.6. The molecule has 0 aliphatic carbocycles. The molecule has 0 bridgehead atoms. The zero-order chi connectivity index (χ0) is 22.0. The van der Waals surface area contributed by atoms with Crippen LogP contribution in [-0.4, -0.2) is 70.2 Å². The Morgan fingerprint density at radius 3 is 2.52 bits per heavy atom. The first-order valence-corrected chi connectivity index (χ1v) is 10.1. The van der Waals surface area contributed by atoms with Crippen molar-refractivity contribution < 1.29 is 14.6 Å². The van der Waals surface area contributed by atoms with Crippen LogP contribution >= 0.6 is 0 Å². The number of aryl methyl sites for hydroxylation is 1. The number of ether oxygens (including phenoxy) is 2. The maximum absolute atomic E-state index is 12.6. The van der Waals surface area contributed by atoms with Crippen LogP contribution in [0.3, 0.4) is 0 Å². The Labute approximate surface area is 177 Å². The van der Waals surface area contributed by atoms with E-state index in [1.54, 1.807) is 43.0 Å². The molecular weight excluding hydrogens is 404 g/mol. The van der Waals surface area contributed by atoms with Gasteiger partial charge in [0.05, 0.1) is 13.7 Å². The average Bonchev–Trinajstić information content (AvgIpc) is 3.17. The number of piperazine rings is 1. The summed E-state index contributed by atoms with van der Waals surface area (Å²) >= 11 is 0. The van der Waals surface area contributed by atoms with Gasteiger partial charge < -0.3 is 29.4 Å². The van der Waals surface area contributed by atoms with E-state index in [1.165, 1.54) is 4.57 Å². The molecule has 1 fully saturated rings. The van der Waals surface area contributed by atoms with Crippen molar-refractivity contribution in [3.05, 3.63) is 45.1 Å². The monoisotopic (exact) mass is 430 g/mol. The van der Waals surface area contributed by atoms with Gasteiger partial charge in [0.2, 0.25) is 5.95 Å². The number of hydrogen-bond acceptors (Lipinski definition) is 8. The molecule has 0 amide bonds. The summed E-state index contributed by atoms with van der Waals surface area (Å²) in [6, 6.07) is 7.05. The number of aliphatic hydroxyl groups excluding tert-OH is 1. The van der Waals surface area contributed by atoms with Crippen molar-refractivity contribution in [2.75, 3.05) is 44.8 Å². The Kier molecular flexibility index (Phi) is 5.96. The minimum Gasteiger partial charge on any atom is -0.497 e.